The second-order valence-electron chi connectivity index (χ2n) is 6.07. The molecule has 1 rings (SSSR count). The Hall–Kier alpha value is -0.373. The standard InChI is InChI=1S/C16H31NSi/c1-6-15(14(3)4)18(5,7-2)16-12-10-8-9-11-13-17-16/h15H,3,6-13H2,1-2,4-5H3. The van der Waals surface area contributed by atoms with Gasteiger partial charge >= 0.3 is 0 Å². The second kappa shape index (κ2) is 7.27. The van der Waals surface area contributed by atoms with Crippen LogP contribution in [0.3, 0.4) is 0 Å². The molecule has 18 heavy (non-hydrogen) atoms. The highest BCUT2D eigenvalue weighted by Crippen LogP contribution is 2.37. The van der Waals surface area contributed by atoms with Crippen molar-refractivity contribution in [3.05, 3.63) is 12.2 Å². The van der Waals surface area contributed by atoms with E-state index in [4.69, 9.17) is 4.99 Å². The maximum Gasteiger partial charge on any atom is 0.108 e. The van der Waals surface area contributed by atoms with Crippen molar-refractivity contribution >= 4 is 13.4 Å². The first-order valence-electron chi connectivity index (χ1n) is 7.75. The van der Waals surface area contributed by atoms with E-state index in [2.05, 4.69) is 33.9 Å². The smallest absolute Gasteiger partial charge is 0.108 e. The molecule has 0 amide bonds. The van der Waals surface area contributed by atoms with Crippen LogP contribution in [-0.4, -0.2) is 20.0 Å². The zero-order valence-corrected chi connectivity index (χ0v) is 13.9. The minimum atomic E-state index is -1.42. The normalized spacial score (nSPS) is 22.3. The summed E-state index contributed by atoms with van der Waals surface area (Å²) < 4.78 is 0. The fourth-order valence-corrected chi connectivity index (χ4v) is 8.02. The second-order valence-corrected chi connectivity index (χ2v) is 10.9. The average Bonchev–Trinajstić information content (AvgIpc) is 2.28. The monoisotopic (exact) mass is 265 g/mol. The van der Waals surface area contributed by atoms with E-state index in [0.717, 1.165) is 12.1 Å². The van der Waals surface area contributed by atoms with Crippen molar-refractivity contribution in [2.24, 2.45) is 4.99 Å². The molecule has 0 spiro atoms. The highest BCUT2D eigenvalue weighted by atomic mass is 28.3. The Morgan fingerprint density at radius 3 is 2.50 bits per heavy atom. The number of aliphatic imine (C=N–C) groups is 1. The maximum atomic E-state index is 5.01. The van der Waals surface area contributed by atoms with Crippen molar-refractivity contribution in [3.63, 3.8) is 0 Å². The first-order chi connectivity index (χ1) is 8.56. The third-order valence-corrected chi connectivity index (χ3v) is 10.4. The molecule has 0 saturated heterocycles. The van der Waals surface area contributed by atoms with Gasteiger partial charge in [-0.1, -0.05) is 51.3 Å². The summed E-state index contributed by atoms with van der Waals surface area (Å²) in [6.07, 6.45) is 7.93. The van der Waals surface area contributed by atoms with E-state index >= 15 is 0 Å². The zero-order chi connectivity index (χ0) is 13.6. The van der Waals surface area contributed by atoms with Crippen LogP contribution >= 0.6 is 0 Å². The van der Waals surface area contributed by atoms with Crippen molar-refractivity contribution in [1.29, 1.82) is 0 Å². The Bertz CT molecular complexity index is 308. The molecule has 104 valence electrons. The van der Waals surface area contributed by atoms with Crippen molar-refractivity contribution in [3.8, 4) is 0 Å². The summed E-state index contributed by atoms with van der Waals surface area (Å²) in [6.45, 7) is 14.8. The van der Waals surface area contributed by atoms with Crippen molar-refractivity contribution < 1.29 is 0 Å². The van der Waals surface area contributed by atoms with E-state index in [-0.39, 0.29) is 0 Å². The van der Waals surface area contributed by atoms with Gasteiger partial charge < -0.3 is 0 Å². The molecule has 0 fully saturated rings. The molecule has 0 saturated carbocycles. The first-order valence-corrected chi connectivity index (χ1v) is 10.5. The molecule has 0 bridgehead atoms. The van der Waals surface area contributed by atoms with Gasteiger partial charge in [-0.05, 0) is 37.1 Å². The van der Waals surface area contributed by atoms with Crippen LogP contribution in [0.1, 0.15) is 59.3 Å². The summed E-state index contributed by atoms with van der Waals surface area (Å²) in [5.41, 5.74) is 2.11. The van der Waals surface area contributed by atoms with Crippen LogP contribution in [0.15, 0.2) is 17.1 Å². The summed E-state index contributed by atoms with van der Waals surface area (Å²) in [4.78, 5) is 5.01. The van der Waals surface area contributed by atoms with Gasteiger partial charge in [-0.25, -0.2) is 0 Å². The highest BCUT2D eigenvalue weighted by Gasteiger charge is 2.38. The van der Waals surface area contributed by atoms with Gasteiger partial charge in [0.15, 0.2) is 0 Å². The van der Waals surface area contributed by atoms with E-state index in [9.17, 15) is 0 Å². The SMILES string of the molecule is C=C(C)C(CC)[Si](C)(CC)C1=NCCCCCC1. The van der Waals surface area contributed by atoms with Gasteiger partial charge in [0.05, 0.1) is 0 Å². The molecule has 2 unspecified atom stereocenters. The van der Waals surface area contributed by atoms with Gasteiger partial charge in [0.25, 0.3) is 0 Å². The van der Waals surface area contributed by atoms with Crippen LogP contribution < -0.4 is 0 Å². The molecule has 0 aromatic heterocycles. The molecule has 1 nitrogen and oxygen atoms in total. The van der Waals surface area contributed by atoms with Gasteiger partial charge in [-0.15, -0.1) is 6.58 Å². The largest absolute Gasteiger partial charge is 0.299 e. The third kappa shape index (κ3) is 3.56. The first kappa shape index (κ1) is 15.7. The minimum Gasteiger partial charge on any atom is -0.299 e. The molecule has 1 heterocycles. The van der Waals surface area contributed by atoms with E-state index < -0.39 is 8.07 Å². The fraction of sp³-hybridized carbons (Fsp3) is 0.812. The molecular formula is C16H31NSi. The lowest BCUT2D eigenvalue weighted by atomic mass is 10.1. The summed E-state index contributed by atoms with van der Waals surface area (Å²) in [5.74, 6) is 0. The summed E-state index contributed by atoms with van der Waals surface area (Å²) in [7, 11) is -1.42. The summed E-state index contributed by atoms with van der Waals surface area (Å²) >= 11 is 0. The van der Waals surface area contributed by atoms with Crippen LogP contribution in [0.5, 0.6) is 0 Å². The number of allylic oxidation sites excluding steroid dienone is 1. The lowest BCUT2D eigenvalue weighted by Crippen LogP contribution is -2.45. The highest BCUT2D eigenvalue weighted by molar-refractivity contribution is 7.07. The maximum absolute atomic E-state index is 5.01. The van der Waals surface area contributed by atoms with E-state index in [1.54, 1.807) is 5.33 Å². The predicted octanol–water partition coefficient (Wildman–Crippen LogP) is 5.39. The van der Waals surface area contributed by atoms with Gasteiger partial charge in [0.2, 0.25) is 0 Å². The summed E-state index contributed by atoms with van der Waals surface area (Å²) in [5, 5.41) is 1.61. The Labute approximate surface area is 115 Å². The molecule has 1 aliphatic rings. The zero-order valence-electron chi connectivity index (χ0n) is 12.9. The molecule has 0 radical (unpaired) electrons. The van der Waals surface area contributed by atoms with Crippen molar-refractivity contribution in [2.45, 2.75) is 77.4 Å². The molecule has 0 aliphatic carbocycles. The summed E-state index contributed by atoms with van der Waals surface area (Å²) in [6, 6.07) is 1.32. The van der Waals surface area contributed by atoms with Gasteiger partial charge in [0, 0.05) is 6.54 Å². The molecule has 2 heteroatoms. The Kier molecular flexibility index (Phi) is 6.34. The van der Waals surface area contributed by atoms with Crippen LogP contribution in [0.4, 0.5) is 0 Å². The van der Waals surface area contributed by atoms with Gasteiger partial charge in [-0.3, -0.25) is 4.99 Å². The number of rotatable bonds is 5. The van der Waals surface area contributed by atoms with Crippen molar-refractivity contribution in [1.82, 2.24) is 0 Å². The van der Waals surface area contributed by atoms with Gasteiger partial charge in [-0.2, -0.15) is 0 Å². The molecular weight excluding hydrogens is 234 g/mol. The molecule has 0 N–H and O–H groups in total. The lowest BCUT2D eigenvalue weighted by molar-refractivity contribution is 0.645. The van der Waals surface area contributed by atoms with E-state index in [0.29, 0.717) is 0 Å². The van der Waals surface area contributed by atoms with Crippen LogP contribution in [0.25, 0.3) is 0 Å². The van der Waals surface area contributed by atoms with Crippen LogP contribution in [0, 0.1) is 0 Å². The molecule has 0 aromatic rings. The molecule has 2 atom stereocenters. The average molecular weight is 266 g/mol. The lowest BCUT2D eigenvalue weighted by Gasteiger charge is -2.37. The Morgan fingerprint density at radius 1 is 1.28 bits per heavy atom. The predicted molar refractivity (Wildman–Crippen MR) is 86.3 cm³/mol. The van der Waals surface area contributed by atoms with Crippen LogP contribution in [0.2, 0.25) is 18.1 Å². The molecule has 0 aromatic carbocycles. The van der Waals surface area contributed by atoms with Crippen LogP contribution in [-0.2, 0) is 0 Å². The number of hydrogen-bond acceptors (Lipinski definition) is 1. The van der Waals surface area contributed by atoms with E-state index in [1.807, 2.05) is 0 Å². The minimum absolute atomic E-state index is 0.723. The fourth-order valence-electron chi connectivity index (χ4n) is 3.51. The quantitative estimate of drug-likeness (QED) is 0.467. The molecule has 1 aliphatic heterocycles. The topological polar surface area (TPSA) is 12.4 Å². The Balaban J connectivity index is 2.99. The number of hydrogen-bond donors (Lipinski definition) is 0. The third-order valence-electron chi connectivity index (χ3n) is 4.79. The Morgan fingerprint density at radius 2 is 1.94 bits per heavy atom. The van der Waals surface area contributed by atoms with Gasteiger partial charge in [0.1, 0.15) is 8.07 Å². The van der Waals surface area contributed by atoms with Crippen molar-refractivity contribution in [2.75, 3.05) is 6.54 Å². The van der Waals surface area contributed by atoms with E-state index in [1.165, 1.54) is 50.1 Å². The number of nitrogens with zero attached hydrogens (tertiary/aromatic N) is 1.